The summed E-state index contributed by atoms with van der Waals surface area (Å²) in [7, 11) is 0. The number of anilines is 1. The Morgan fingerprint density at radius 2 is 1.81 bits per heavy atom. The molecule has 6 nitrogen and oxygen atoms in total. The number of benzene rings is 2. The van der Waals surface area contributed by atoms with Crippen LogP contribution in [0.5, 0.6) is 11.5 Å². The van der Waals surface area contributed by atoms with E-state index in [9.17, 15) is 4.79 Å². The van der Waals surface area contributed by atoms with Crippen molar-refractivity contribution in [1.82, 2.24) is 0 Å². The van der Waals surface area contributed by atoms with Gasteiger partial charge in [0, 0.05) is 13.1 Å². The second kappa shape index (κ2) is 13.6. The van der Waals surface area contributed by atoms with E-state index in [0.29, 0.717) is 12.9 Å². The number of nitrogens with two attached hydrogens (primary N) is 1. The highest BCUT2D eigenvalue weighted by molar-refractivity contribution is 7.98. The lowest BCUT2D eigenvalue weighted by Gasteiger charge is -2.28. The number of carbonyl (C=O) groups excluding carboxylic acids is 1. The van der Waals surface area contributed by atoms with Gasteiger partial charge in [-0.2, -0.15) is 0 Å². The van der Waals surface area contributed by atoms with Gasteiger partial charge in [-0.25, -0.2) is 0 Å². The summed E-state index contributed by atoms with van der Waals surface area (Å²) in [5, 5.41) is 3.60. The van der Waals surface area contributed by atoms with Crippen molar-refractivity contribution in [2.45, 2.75) is 50.8 Å². The summed E-state index contributed by atoms with van der Waals surface area (Å²) in [6.07, 6.45) is 6.78. The molecule has 2 N–H and O–H groups in total. The quantitative estimate of drug-likeness (QED) is 0.108. The fourth-order valence-corrected chi connectivity index (χ4v) is 3.84. The summed E-state index contributed by atoms with van der Waals surface area (Å²) in [6, 6.07) is 14.0. The van der Waals surface area contributed by atoms with Gasteiger partial charge < -0.3 is 20.2 Å². The molecule has 2 aromatic rings. The number of ether oxygens (including phenoxy) is 2. The van der Waals surface area contributed by atoms with E-state index in [0.717, 1.165) is 66.4 Å². The first-order chi connectivity index (χ1) is 15.2. The maximum Gasteiger partial charge on any atom is 0.299 e. The SMILES string of the molecule is CCCCN(CCCC)c1cc(C/C(=N/N)OC=O)cc(SC)c1Oc1ccccc1. The van der Waals surface area contributed by atoms with Gasteiger partial charge in [-0.3, -0.25) is 4.79 Å². The van der Waals surface area contributed by atoms with E-state index < -0.39 is 0 Å². The number of hydrogen-bond donors (Lipinski definition) is 1. The Kier molecular flexibility index (Phi) is 10.8. The van der Waals surface area contributed by atoms with E-state index in [-0.39, 0.29) is 5.90 Å². The van der Waals surface area contributed by atoms with E-state index in [2.05, 4.69) is 29.9 Å². The van der Waals surface area contributed by atoms with Crippen LogP contribution in [0.2, 0.25) is 0 Å². The van der Waals surface area contributed by atoms with Crippen LogP contribution >= 0.6 is 11.8 Å². The molecule has 0 fully saturated rings. The molecule has 7 heteroatoms. The van der Waals surface area contributed by atoms with Crippen molar-refractivity contribution in [2.75, 3.05) is 24.2 Å². The molecular formula is C24H33N3O3S. The molecule has 2 aromatic carbocycles. The maximum atomic E-state index is 10.8. The monoisotopic (exact) mass is 443 g/mol. The zero-order valence-corrected chi connectivity index (χ0v) is 19.5. The van der Waals surface area contributed by atoms with Crippen molar-refractivity contribution in [3.63, 3.8) is 0 Å². The molecule has 2 rings (SSSR count). The lowest BCUT2D eigenvalue weighted by Crippen LogP contribution is -2.26. The molecule has 0 saturated heterocycles. The molecule has 0 atom stereocenters. The molecule has 0 spiro atoms. The Labute approximate surface area is 189 Å². The number of hydrogen-bond acceptors (Lipinski definition) is 7. The summed E-state index contributed by atoms with van der Waals surface area (Å²) in [6.45, 7) is 6.64. The van der Waals surface area contributed by atoms with Gasteiger partial charge in [-0.1, -0.05) is 44.9 Å². The standard InChI is InChI=1S/C24H33N3O3S/c1-4-6-13-27(14-7-5-2)21-15-19(17-23(26-25)29-18-28)16-22(31-3)24(21)30-20-11-9-8-10-12-20/h8-12,15-16,18H,4-7,13-14,17,25H2,1-3H3/b26-23-. The van der Waals surface area contributed by atoms with Gasteiger partial charge in [-0.15, -0.1) is 16.9 Å². The molecule has 31 heavy (non-hydrogen) atoms. The largest absolute Gasteiger partial charge is 0.454 e. The summed E-state index contributed by atoms with van der Waals surface area (Å²) in [5.41, 5.74) is 2.00. The lowest BCUT2D eigenvalue weighted by molar-refractivity contribution is -0.121. The summed E-state index contributed by atoms with van der Waals surface area (Å²) >= 11 is 1.62. The third kappa shape index (κ3) is 7.51. The summed E-state index contributed by atoms with van der Waals surface area (Å²) < 4.78 is 11.3. The first kappa shape index (κ1) is 24.6. The molecule has 0 aliphatic rings. The maximum absolute atomic E-state index is 10.8. The van der Waals surface area contributed by atoms with Crippen molar-refractivity contribution < 1.29 is 14.3 Å². The van der Waals surface area contributed by atoms with Crippen LogP contribution in [0.15, 0.2) is 52.5 Å². The Balaban J connectivity index is 2.54. The van der Waals surface area contributed by atoms with Crippen LogP contribution in [0.3, 0.4) is 0 Å². The highest BCUT2D eigenvalue weighted by Crippen LogP contribution is 2.42. The second-order valence-electron chi connectivity index (χ2n) is 7.17. The number of nitrogens with zero attached hydrogens (tertiary/aromatic N) is 2. The molecule has 0 heterocycles. The van der Waals surface area contributed by atoms with Gasteiger partial charge in [0.2, 0.25) is 5.90 Å². The molecule has 0 aromatic heterocycles. The van der Waals surface area contributed by atoms with E-state index in [1.807, 2.05) is 42.7 Å². The minimum absolute atomic E-state index is 0.179. The van der Waals surface area contributed by atoms with Crippen LogP contribution in [0.1, 0.15) is 45.1 Å². The van der Waals surface area contributed by atoms with Crippen LogP contribution in [0.25, 0.3) is 0 Å². The number of carbonyl (C=O) groups is 1. The van der Waals surface area contributed by atoms with Crippen molar-refractivity contribution >= 4 is 29.8 Å². The van der Waals surface area contributed by atoms with Gasteiger partial charge >= 0.3 is 0 Å². The Morgan fingerprint density at radius 1 is 1.13 bits per heavy atom. The van der Waals surface area contributed by atoms with Gasteiger partial charge in [0.05, 0.1) is 17.0 Å². The van der Waals surface area contributed by atoms with Crippen molar-refractivity contribution in [3.05, 3.63) is 48.0 Å². The minimum Gasteiger partial charge on any atom is -0.454 e. The fraction of sp³-hybridized carbons (Fsp3) is 0.417. The highest BCUT2D eigenvalue weighted by atomic mass is 32.2. The van der Waals surface area contributed by atoms with Gasteiger partial charge in [0.25, 0.3) is 6.47 Å². The average molecular weight is 444 g/mol. The molecule has 0 unspecified atom stereocenters. The Morgan fingerprint density at radius 3 is 2.35 bits per heavy atom. The number of hydrazone groups is 1. The van der Waals surface area contributed by atoms with Crippen LogP contribution < -0.4 is 15.5 Å². The third-order valence-electron chi connectivity index (χ3n) is 4.87. The highest BCUT2D eigenvalue weighted by Gasteiger charge is 2.19. The Hall–Kier alpha value is -2.67. The molecule has 0 aliphatic carbocycles. The minimum atomic E-state index is 0.179. The topological polar surface area (TPSA) is 77.1 Å². The van der Waals surface area contributed by atoms with Crippen LogP contribution in [-0.4, -0.2) is 31.7 Å². The number of rotatable bonds is 13. The summed E-state index contributed by atoms with van der Waals surface area (Å²) in [4.78, 5) is 14.2. The molecule has 168 valence electrons. The zero-order chi connectivity index (χ0) is 22.5. The molecule has 0 aliphatic heterocycles. The molecule has 0 bridgehead atoms. The number of thioether (sulfide) groups is 1. The first-order valence-corrected chi connectivity index (χ1v) is 11.9. The smallest absolute Gasteiger partial charge is 0.299 e. The van der Waals surface area contributed by atoms with Crippen molar-refractivity contribution in [3.8, 4) is 11.5 Å². The first-order valence-electron chi connectivity index (χ1n) is 10.7. The summed E-state index contributed by atoms with van der Waals surface area (Å²) in [5.74, 6) is 7.22. The van der Waals surface area contributed by atoms with Gasteiger partial charge in [0.15, 0.2) is 5.75 Å². The molecule has 0 saturated carbocycles. The normalized spacial score (nSPS) is 11.3. The molecular weight excluding hydrogens is 410 g/mol. The average Bonchev–Trinajstić information content (AvgIpc) is 2.80. The zero-order valence-electron chi connectivity index (χ0n) is 18.7. The van der Waals surface area contributed by atoms with E-state index in [4.69, 9.17) is 15.3 Å². The number of unbranched alkanes of at least 4 members (excludes halogenated alkanes) is 2. The van der Waals surface area contributed by atoms with Crippen LogP contribution in [-0.2, 0) is 16.0 Å². The fourth-order valence-electron chi connectivity index (χ4n) is 3.24. The van der Waals surface area contributed by atoms with Crippen LogP contribution in [0.4, 0.5) is 5.69 Å². The van der Waals surface area contributed by atoms with E-state index in [1.54, 1.807) is 11.8 Å². The number of para-hydroxylation sites is 1. The van der Waals surface area contributed by atoms with Crippen LogP contribution in [0, 0.1) is 0 Å². The van der Waals surface area contributed by atoms with Crippen molar-refractivity contribution in [1.29, 1.82) is 0 Å². The second-order valence-corrected chi connectivity index (χ2v) is 8.02. The predicted octanol–water partition coefficient (Wildman–Crippen LogP) is 5.60. The van der Waals surface area contributed by atoms with E-state index in [1.165, 1.54) is 0 Å². The van der Waals surface area contributed by atoms with E-state index >= 15 is 0 Å². The van der Waals surface area contributed by atoms with Crippen molar-refractivity contribution in [2.24, 2.45) is 10.9 Å². The molecule has 0 amide bonds. The molecule has 0 radical (unpaired) electrons. The third-order valence-corrected chi connectivity index (χ3v) is 5.61. The van der Waals surface area contributed by atoms with Gasteiger partial charge in [-0.05, 0) is 48.9 Å². The Bertz CT molecular complexity index is 835. The predicted molar refractivity (Wildman–Crippen MR) is 129 cm³/mol. The van der Waals surface area contributed by atoms with Gasteiger partial charge in [0.1, 0.15) is 5.75 Å². The lowest BCUT2D eigenvalue weighted by atomic mass is 10.1.